The van der Waals surface area contributed by atoms with Crippen molar-refractivity contribution in [2.45, 2.75) is 32.2 Å². The molecule has 0 aromatic heterocycles. The molecular weight excluding hydrogens is 336 g/mol. The highest BCUT2D eigenvalue weighted by Gasteiger charge is 2.26. The lowest BCUT2D eigenvalue weighted by Gasteiger charge is -2.24. The molecule has 2 N–H and O–H groups in total. The summed E-state index contributed by atoms with van der Waals surface area (Å²) in [7, 11) is 0. The maximum atomic E-state index is 12.2. The van der Waals surface area contributed by atoms with E-state index in [1.807, 2.05) is 55.5 Å². The summed E-state index contributed by atoms with van der Waals surface area (Å²) in [5, 5.41) is 6.51. The van der Waals surface area contributed by atoms with Crippen LogP contribution in [-0.2, 0) is 16.0 Å². The van der Waals surface area contributed by atoms with E-state index in [4.69, 9.17) is 11.6 Å². The Balaban J connectivity index is 1.54. The van der Waals surface area contributed by atoms with E-state index in [2.05, 4.69) is 10.6 Å². The average molecular weight is 357 g/mol. The molecule has 2 aromatic rings. The molecule has 0 spiro atoms. The number of nitrogens with one attached hydrogen (secondary N) is 2. The summed E-state index contributed by atoms with van der Waals surface area (Å²) < 4.78 is 0. The van der Waals surface area contributed by atoms with Crippen molar-refractivity contribution < 1.29 is 9.59 Å². The van der Waals surface area contributed by atoms with Crippen molar-refractivity contribution in [2.75, 3.05) is 5.32 Å². The van der Waals surface area contributed by atoms with E-state index < -0.39 is 0 Å². The number of hydrogen-bond donors (Lipinski definition) is 2. The minimum Gasteiger partial charge on any atom is -0.350 e. The van der Waals surface area contributed by atoms with E-state index in [9.17, 15) is 9.59 Å². The molecule has 1 aliphatic rings. The van der Waals surface area contributed by atoms with Gasteiger partial charge in [-0.25, -0.2) is 0 Å². The van der Waals surface area contributed by atoms with Crippen LogP contribution in [0.4, 0.5) is 5.69 Å². The Bertz CT molecular complexity index is 791. The second-order valence-electron chi connectivity index (χ2n) is 6.40. The Morgan fingerprint density at radius 3 is 2.76 bits per heavy atom. The molecule has 4 nitrogen and oxygen atoms in total. The van der Waals surface area contributed by atoms with Gasteiger partial charge in [0.25, 0.3) is 0 Å². The van der Waals surface area contributed by atoms with E-state index in [0.29, 0.717) is 24.3 Å². The molecule has 2 amide bonds. The van der Waals surface area contributed by atoms with Crippen molar-refractivity contribution in [3.63, 3.8) is 0 Å². The van der Waals surface area contributed by atoms with Crippen LogP contribution < -0.4 is 10.6 Å². The van der Waals surface area contributed by atoms with Crippen molar-refractivity contribution >= 4 is 29.1 Å². The molecule has 25 heavy (non-hydrogen) atoms. The summed E-state index contributed by atoms with van der Waals surface area (Å²) in [4.78, 5) is 24.4. The number of halogens is 1. The fourth-order valence-electron chi connectivity index (χ4n) is 3.17. The van der Waals surface area contributed by atoms with E-state index >= 15 is 0 Å². The zero-order chi connectivity index (χ0) is 17.8. The Labute approximate surface area is 152 Å². The number of hydrogen-bond acceptors (Lipinski definition) is 2. The predicted molar refractivity (Wildman–Crippen MR) is 99.5 cm³/mol. The van der Waals surface area contributed by atoms with Gasteiger partial charge >= 0.3 is 0 Å². The molecule has 2 unspecified atom stereocenters. The van der Waals surface area contributed by atoms with E-state index in [1.54, 1.807) is 0 Å². The monoisotopic (exact) mass is 356 g/mol. The maximum absolute atomic E-state index is 12.2. The van der Waals surface area contributed by atoms with Crippen molar-refractivity contribution in [1.82, 2.24) is 5.32 Å². The van der Waals surface area contributed by atoms with Gasteiger partial charge in [0.1, 0.15) is 0 Å². The molecule has 1 heterocycles. The van der Waals surface area contributed by atoms with E-state index in [1.165, 1.54) is 0 Å². The largest absolute Gasteiger partial charge is 0.350 e. The first kappa shape index (κ1) is 17.5. The molecule has 5 heteroatoms. The van der Waals surface area contributed by atoms with E-state index in [-0.39, 0.29) is 23.8 Å². The lowest BCUT2D eigenvalue weighted by Crippen LogP contribution is -2.32. The van der Waals surface area contributed by atoms with Gasteiger partial charge in [-0.3, -0.25) is 9.59 Å². The minimum absolute atomic E-state index is 0.00866. The number of rotatable bonds is 5. The third-order valence-corrected chi connectivity index (χ3v) is 4.93. The summed E-state index contributed by atoms with van der Waals surface area (Å²) in [5.41, 5.74) is 2.89. The van der Waals surface area contributed by atoms with Gasteiger partial charge in [0.2, 0.25) is 11.8 Å². The summed E-state index contributed by atoms with van der Waals surface area (Å²) in [5.74, 6) is -0.249. The number of benzene rings is 2. The summed E-state index contributed by atoms with van der Waals surface area (Å²) in [6.45, 7) is 1.91. The molecule has 0 saturated heterocycles. The fourth-order valence-corrected chi connectivity index (χ4v) is 3.47. The molecule has 0 bridgehead atoms. The van der Waals surface area contributed by atoms with Crippen LogP contribution in [-0.4, -0.2) is 11.8 Å². The summed E-state index contributed by atoms with van der Waals surface area (Å²) in [6.07, 6.45) is 1.52. The van der Waals surface area contributed by atoms with Crippen LogP contribution in [0.1, 0.15) is 36.9 Å². The fraction of sp³-hybridized carbons (Fsp3) is 0.300. The molecule has 130 valence electrons. The number of para-hydroxylation sites is 1. The number of amides is 2. The smallest absolute Gasteiger partial charge is 0.227 e. The normalized spacial score (nSPS) is 17.4. The van der Waals surface area contributed by atoms with Gasteiger partial charge in [0, 0.05) is 23.0 Å². The van der Waals surface area contributed by atoms with Crippen LogP contribution in [0.3, 0.4) is 0 Å². The molecule has 3 rings (SSSR count). The Hall–Kier alpha value is -2.33. The standard InChI is InChI=1S/C20H21ClN2O2/c1-13(16-7-3-4-8-17(16)21)22-19(24)11-10-15-12-14-6-2-5-9-18(14)23-20(15)25/h2-9,13,15H,10-12H2,1H3,(H,22,24)(H,23,25). The topological polar surface area (TPSA) is 58.2 Å². The van der Waals surface area contributed by atoms with Gasteiger partial charge in [0.15, 0.2) is 0 Å². The molecule has 1 aliphatic heterocycles. The molecule has 2 aromatic carbocycles. The van der Waals surface area contributed by atoms with Crippen molar-refractivity contribution in [1.29, 1.82) is 0 Å². The lowest BCUT2D eigenvalue weighted by molar-refractivity contribution is -0.123. The van der Waals surface area contributed by atoms with Crippen molar-refractivity contribution in [2.24, 2.45) is 5.92 Å². The zero-order valence-corrected chi connectivity index (χ0v) is 14.8. The van der Waals surface area contributed by atoms with Gasteiger partial charge in [-0.15, -0.1) is 0 Å². The van der Waals surface area contributed by atoms with Gasteiger partial charge in [-0.05, 0) is 43.0 Å². The minimum atomic E-state index is -0.170. The Kier molecular flexibility index (Phi) is 5.39. The number of fused-ring (bicyclic) bond motifs is 1. The van der Waals surface area contributed by atoms with E-state index in [0.717, 1.165) is 16.8 Å². The second-order valence-corrected chi connectivity index (χ2v) is 6.80. The summed E-state index contributed by atoms with van der Waals surface area (Å²) >= 11 is 6.16. The first-order valence-corrected chi connectivity index (χ1v) is 8.85. The van der Waals surface area contributed by atoms with Crippen LogP contribution in [0.2, 0.25) is 5.02 Å². The van der Waals surface area contributed by atoms with Crippen LogP contribution in [0.15, 0.2) is 48.5 Å². The molecule has 0 radical (unpaired) electrons. The first-order chi connectivity index (χ1) is 12.0. The molecule has 0 saturated carbocycles. The average Bonchev–Trinajstić information content (AvgIpc) is 2.60. The summed E-state index contributed by atoms with van der Waals surface area (Å²) in [6, 6.07) is 15.1. The highest BCUT2D eigenvalue weighted by atomic mass is 35.5. The number of anilines is 1. The Morgan fingerprint density at radius 2 is 1.96 bits per heavy atom. The van der Waals surface area contributed by atoms with Gasteiger partial charge in [-0.2, -0.15) is 0 Å². The Morgan fingerprint density at radius 1 is 1.24 bits per heavy atom. The first-order valence-electron chi connectivity index (χ1n) is 8.47. The molecular formula is C20H21ClN2O2. The number of carbonyl (C=O) groups is 2. The van der Waals surface area contributed by atoms with Crippen molar-refractivity contribution in [3.8, 4) is 0 Å². The van der Waals surface area contributed by atoms with Gasteiger partial charge in [0.05, 0.1) is 6.04 Å². The van der Waals surface area contributed by atoms with Gasteiger partial charge < -0.3 is 10.6 Å². The van der Waals surface area contributed by atoms with Crippen LogP contribution in [0.25, 0.3) is 0 Å². The SMILES string of the molecule is CC(NC(=O)CCC1Cc2ccccc2NC1=O)c1ccccc1Cl. The van der Waals surface area contributed by atoms with Gasteiger partial charge in [-0.1, -0.05) is 48.0 Å². The second kappa shape index (κ2) is 7.70. The van der Waals surface area contributed by atoms with Crippen molar-refractivity contribution in [3.05, 3.63) is 64.7 Å². The quantitative estimate of drug-likeness (QED) is 0.847. The molecule has 0 aliphatic carbocycles. The van der Waals surface area contributed by atoms with Crippen LogP contribution in [0.5, 0.6) is 0 Å². The van der Waals surface area contributed by atoms with Crippen LogP contribution in [0, 0.1) is 5.92 Å². The lowest BCUT2D eigenvalue weighted by atomic mass is 9.89. The molecule has 0 fully saturated rings. The maximum Gasteiger partial charge on any atom is 0.227 e. The number of carbonyl (C=O) groups excluding carboxylic acids is 2. The zero-order valence-electron chi connectivity index (χ0n) is 14.1. The molecule has 2 atom stereocenters. The third-order valence-electron chi connectivity index (χ3n) is 4.58. The highest BCUT2D eigenvalue weighted by Crippen LogP contribution is 2.28. The predicted octanol–water partition coefficient (Wildman–Crippen LogP) is 4.11. The highest BCUT2D eigenvalue weighted by molar-refractivity contribution is 6.31. The van der Waals surface area contributed by atoms with Crippen LogP contribution >= 0.6 is 11.6 Å². The third kappa shape index (κ3) is 4.20.